The molecule has 0 N–H and O–H groups in total. The second kappa shape index (κ2) is 24.8. The summed E-state index contributed by atoms with van der Waals surface area (Å²) in [6.45, 7) is 0. The Morgan fingerprint density at radius 3 is 0.942 bits per heavy atom. The van der Waals surface area contributed by atoms with Crippen molar-refractivity contribution in [3.8, 4) is 23.0 Å². The molecule has 10 aromatic rings. The van der Waals surface area contributed by atoms with Crippen molar-refractivity contribution in [3.05, 3.63) is 297 Å². The third-order valence-electron chi connectivity index (χ3n) is 10.4. The van der Waals surface area contributed by atoms with Gasteiger partial charge in [-0.25, -0.2) is 0 Å². The Morgan fingerprint density at radius 1 is 0.290 bits per heavy atom. The molecule has 10 rings (SSSR count). The summed E-state index contributed by atoms with van der Waals surface area (Å²) in [5.41, 5.74) is 8.85. The van der Waals surface area contributed by atoms with E-state index in [2.05, 4.69) is 218 Å². The summed E-state index contributed by atoms with van der Waals surface area (Å²) in [4.78, 5) is 4.48. The van der Waals surface area contributed by atoms with Crippen molar-refractivity contribution in [1.82, 2.24) is 0 Å². The minimum atomic E-state index is 0.624. The van der Waals surface area contributed by atoms with E-state index in [0.717, 1.165) is 61.0 Å². The van der Waals surface area contributed by atoms with Crippen molar-refractivity contribution >= 4 is 89.2 Å². The molecule has 69 heavy (non-hydrogen) atoms. The van der Waals surface area contributed by atoms with Crippen LogP contribution in [0.5, 0.6) is 23.0 Å². The van der Waals surface area contributed by atoms with Crippen LogP contribution in [0.4, 0.5) is 34.1 Å². The van der Waals surface area contributed by atoms with Crippen molar-refractivity contribution in [2.45, 2.75) is 6.42 Å². The SMILES string of the molecule is Clc1cccc(Oc2cc(Br)cc(Br)c2)c1.Clc1cccc(Oc2cc(N(c3ccccc3)c3ccccc3)cc(N(c3ccccc3)c3ccccc3)c2)c1.c1ccc(Cc2ccccc2)cc1. The molecule has 4 nitrogen and oxygen atoms in total. The number of ether oxygens (including phenoxy) is 2. The quantitative estimate of drug-likeness (QED) is 0.122. The van der Waals surface area contributed by atoms with Crippen molar-refractivity contribution in [3.63, 3.8) is 0 Å². The predicted octanol–water partition coefficient (Wildman–Crippen LogP) is 20.0. The zero-order valence-electron chi connectivity index (χ0n) is 37.3. The molecule has 0 saturated carbocycles. The number of nitrogens with zero attached hydrogens (tertiary/aromatic N) is 2. The predicted molar refractivity (Wildman–Crippen MR) is 296 cm³/mol. The number of hydrogen-bond donors (Lipinski definition) is 0. The highest BCUT2D eigenvalue weighted by Gasteiger charge is 2.19. The van der Waals surface area contributed by atoms with E-state index in [-0.39, 0.29) is 0 Å². The van der Waals surface area contributed by atoms with Gasteiger partial charge in [-0.1, -0.05) is 201 Å². The van der Waals surface area contributed by atoms with Gasteiger partial charge in [0.1, 0.15) is 23.0 Å². The molecule has 0 fully saturated rings. The summed E-state index contributed by atoms with van der Waals surface area (Å²) in [7, 11) is 0. The first kappa shape index (κ1) is 48.4. The molecule has 0 aliphatic carbocycles. The van der Waals surface area contributed by atoms with Crippen LogP contribution in [0.3, 0.4) is 0 Å². The Labute approximate surface area is 431 Å². The van der Waals surface area contributed by atoms with Gasteiger partial charge in [0.2, 0.25) is 0 Å². The van der Waals surface area contributed by atoms with Gasteiger partial charge in [0.25, 0.3) is 0 Å². The van der Waals surface area contributed by atoms with Crippen LogP contribution < -0.4 is 19.3 Å². The fraction of sp³-hybridized carbons (Fsp3) is 0.0164. The highest BCUT2D eigenvalue weighted by molar-refractivity contribution is 9.11. The van der Waals surface area contributed by atoms with Crippen LogP contribution in [0.2, 0.25) is 10.0 Å². The van der Waals surface area contributed by atoms with Crippen LogP contribution in [-0.2, 0) is 6.42 Å². The topological polar surface area (TPSA) is 24.9 Å². The molecule has 0 radical (unpaired) electrons. The number of benzene rings is 10. The fourth-order valence-electron chi connectivity index (χ4n) is 7.44. The van der Waals surface area contributed by atoms with Crippen LogP contribution in [0.15, 0.2) is 276 Å². The van der Waals surface area contributed by atoms with Crippen LogP contribution >= 0.6 is 55.1 Å². The number of halogens is 4. The first-order valence-electron chi connectivity index (χ1n) is 22.2. The molecule has 340 valence electrons. The summed E-state index contributed by atoms with van der Waals surface area (Å²) in [6.07, 6.45) is 1.03. The van der Waals surface area contributed by atoms with Gasteiger partial charge >= 0.3 is 0 Å². The highest BCUT2D eigenvalue weighted by Crippen LogP contribution is 2.43. The molecule has 0 unspecified atom stereocenters. The maximum atomic E-state index is 6.45. The van der Waals surface area contributed by atoms with Crippen molar-refractivity contribution < 1.29 is 9.47 Å². The summed E-state index contributed by atoms with van der Waals surface area (Å²) >= 11 is 19.0. The van der Waals surface area contributed by atoms with Crippen molar-refractivity contribution in [2.75, 3.05) is 9.80 Å². The van der Waals surface area contributed by atoms with Gasteiger partial charge in [-0.3, -0.25) is 0 Å². The van der Waals surface area contributed by atoms with Gasteiger partial charge < -0.3 is 19.3 Å². The maximum Gasteiger partial charge on any atom is 0.131 e. The molecule has 10 aromatic carbocycles. The Bertz CT molecular complexity index is 2900. The standard InChI is InChI=1S/C36H27ClN2O.C13H12.C12H7Br2ClO/c37-28-14-13-23-35(24-28)40-36-26-33(38(29-15-5-1-6-16-29)30-17-7-2-8-18-30)25-34(27-36)39(31-19-9-3-10-20-31)32-21-11-4-12-22-32;1-3-7-12(8-4-1)11-13-9-5-2-6-10-13;13-8-4-9(14)6-12(5-8)16-11-3-1-2-10(15)7-11/h1-27H;1-10H,11H2;1-7H. The van der Waals surface area contributed by atoms with E-state index in [9.17, 15) is 0 Å². The maximum absolute atomic E-state index is 6.45. The van der Waals surface area contributed by atoms with Gasteiger partial charge in [-0.2, -0.15) is 0 Å². The second-order valence-corrected chi connectivity index (χ2v) is 18.3. The first-order chi connectivity index (χ1) is 33.8. The average molecular weight is 1070 g/mol. The van der Waals surface area contributed by atoms with Crippen molar-refractivity contribution in [2.24, 2.45) is 0 Å². The van der Waals surface area contributed by atoms with Crippen LogP contribution in [0, 0.1) is 0 Å². The number of rotatable bonds is 12. The minimum absolute atomic E-state index is 0.624. The summed E-state index contributed by atoms with van der Waals surface area (Å²) in [5, 5.41) is 1.28. The molecule has 0 spiro atoms. The highest BCUT2D eigenvalue weighted by atomic mass is 79.9. The molecule has 0 aliphatic rings. The second-order valence-electron chi connectivity index (χ2n) is 15.6. The Balaban J connectivity index is 0.000000179. The molecule has 0 atom stereocenters. The lowest BCUT2D eigenvalue weighted by Gasteiger charge is -2.30. The van der Waals surface area contributed by atoms with E-state index in [1.54, 1.807) is 6.07 Å². The van der Waals surface area contributed by atoms with Crippen LogP contribution in [0.25, 0.3) is 0 Å². The van der Waals surface area contributed by atoms with Gasteiger partial charge in [0, 0.05) is 53.9 Å². The third kappa shape index (κ3) is 14.5. The van der Waals surface area contributed by atoms with E-state index in [1.165, 1.54) is 11.1 Å². The van der Waals surface area contributed by atoms with E-state index in [1.807, 2.05) is 84.9 Å². The lowest BCUT2D eigenvalue weighted by molar-refractivity contribution is 0.482. The monoisotopic (exact) mass is 1070 g/mol. The Morgan fingerprint density at radius 2 is 0.609 bits per heavy atom. The van der Waals surface area contributed by atoms with E-state index in [0.29, 0.717) is 21.5 Å². The van der Waals surface area contributed by atoms with Gasteiger partial charge in [0.15, 0.2) is 0 Å². The lowest BCUT2D eigenvalue weighted by atomic mass is 10.1. The normalized spacial score (nSPS) is 10.4. The fourth-order valence-corrected chi connectivity index (χ4v) is 9.05. The molecule has 0 aromatic heterocycles. The van der Waals surface area contributed by atoms with Crippen LogP contribution in [0.1, 0.15) is 11.1 Å². The van der Waals surface area contributed by atoms with E-state index in [4.69, 9.17) is 32.7 Å². The Kier molecular flexibility index (Phi) is 17.4. The summed E-state index contributed by atoms with van der Waals surface area (Å²) in [6, 6.07) is 89.4. The summed E-state index contributed by atoms with van der Waals surface area (Å²) in [5.74, 6) is 2.84. The number of anilines is 6. The zero-order chi connectivity index (χ0) is 47.6. The van der Waals surface area contributed by atoms with E-state index >= 15 is 0 Å². The zero-order valence-corrected chi connectivity index (χ0v) is 42.0. The molecular weight excluding hydrogens is 1020 g/mol. The van der Waals surface area contributed by atoms with Crippen molar-refractivity contribution in [1.29, 1.82) is 0 Å². The lowest BCUT2D eigenvalue weighted by Crippen LogP contribution is -2.13. The molecule has 0 aliphatic heterocycles. The molecule has 0 heterocycles. The molecular formula is C61H46Br2Cl2N2O2. The Hall–Kier alpha value is -7.06. The van der Waals surface area contributed by atoms with Gasteiger partial charge in [-0.15, -0.1) is 0 Å². The summed E-state index contributed by atoms with van der Waals surface area (Å²) < 4.78 is 14.0. The molecule has 0 bridgehead atoms. The smallest absolute Gasteiger partial charge is 0.131 e. The van der Waals surface area contributed by atoms with Gasteiger partial charge in [-0.05, 0) is 127 Å². The molecule has 0 amide bonds. The first-order valence-corrected chi connectivity index (χ1v) is 24.5. The number of hydrogen-bond acceptors (Lipinski definition) is 4. The molecule has 8 heteroatoms. The van der Waals surface area contributed by atoms with Gasteiger partial charge in [0.05, 0.1) is 11.4 Å². The average Bonchev–Trinajstić information content (AvgIpc) is 3.36. The number of para-hydroxylation sites is 4. The van der Waals surface area contributed by atoms with E-state index < -0.39 is 0 Å². The molecule has 0 saturated heterocycles. The minimum Gasteiger partial charge on any atom is -0.457 e. The largest absolute Gasteiger partial charge is 0.457 e. The third-order valence-corrected chi connectivity index (χ3v) is 11.8. The van der Waals surface area contributed by atoms with Crippen LogP contribution in [-0.4, -0.2) is 0 Å².